The molecule has 2 atom stereocenters. The van der Waals surface area contributed by atoms with E-state index in [2.05, 4.69) is 31.3 Å². The molecule has 2 rings (SSSR count). The van der Waals surface area contributed by atoms with Crippen molar-refractivity contribution >= 4 is 46.1 Å². The first-order valence-corrected chi connectivity index (χ1v) is 8.18. The van der Waals surface area contributed by atoms with Gasteiger partial charge in [-0.15, -0.1) is 0 Å². The molecular weight excluding hydrogens is 421 g/mol. The number of ether oxygens (including phenoxy) is 2. The first-order chi connectivity index (χ1) is 10.5. The minimum absolute atomic E-state index is 0.0511. The van der Waals surface area contributed by atoms with E-state index in [1.54, 1.807) is 13.2 Å². The Morgan fingerprint density at radius 1 is 1.50 bits per heavy atom. The third-order valence-electron chi connectivity index (χ3n) is 3.69. The van der Waals surface area contributed by atoms with Crippen LogP contribution < -0.4 is 15.8 Å². The summed E-state index contributed by atoms with van der Waals surface area (Å²) in [6, 6.07) is 3.03. The maximum absolute atomic E-state index is 12.5. The van der Waals surface area contributed by atoms with E-state index < -0.39 is 0 Å². The molecule has 0 radical (unpaired) electrons. The van der Waals surface area contributed by atoms with Gasteiger partial charge in [-0.25, -0.2) is 3.11 Å². The second kappa shape index (κ2) is 7.67. The van der Waals surface area contributed by atoms with Crippen LogP contribution in [-0.4, -0.2) is 48.5 Å². The van der Waals surface area contributed by atoms with Crippen LogP contribution in [0.5, 0.6) is 5.75 Å². The number of nitrogen functional groups attached to an aromatic ring is 1. The monoisotopic (exact) mass is 439 g/mol. The van der Waals surface area contributed by atoms with Crippen molar-refractivity contribution < 1.29 is 14.3 Å². The van der Waals surface area contributed by atoms with E-state index in [1.165, 1.54) is 13.2 Å². The van der Waals surface area contributed by atoms with Crippen LogP contribution in [-0.2, 0) is 4.74 Å². The molecule has 0 bridgehead atoms. The zero-order valence-corrected chi connectivity index (χ0v) is 15.3. The number of rotatable bonds is 4. The van der Waals surface area contributed by atoms with Crippen LogP contribution in [0.2, 0.25) is 5.02 Å². The lowest BCUT2D eigenvalue weighted by Gasteiger charge is -2.35. The summed E-state index contributed by atoms with van der Waals surface area (Å²) in [5.41, 5.74) is 6.49. The fourth-order valence-corrected chi connectivity index (χ4v) is 3.27. The van der Waals surface area contributed by atoms with Crippen molar-refractivity contribution in [1.29, 1.82) is 0 Å². The molecule has 0 saturated carbocycles. The number of hydrogen-bond donors (Lipinski definition) is 2. The second-order valence-corrected chi connectivity index (χ2v) is 6.86. The van der Waals surface area contributed by atoms with Gasteiger partial charge in [0.15, 0.2) is 0 Å². The number of benzene rings is 1. The topological polar surface area (TPSA) is 76.8 Å². The predicted octanol–water partition coefficient (Wildman–Crippen LogP) is 2.10. The Morgan fingerprint density at radius 3 is 2.86 bits per heavy atom. The summed E-state index contributed by atoms with van der Waals surface area (Å²) in [4.78, 5) is 12.5. The number of anilines is 1. The van der Waals surface area contributed by atoms with Crippen LogP contribution in [0, 0.1) is 0 Å². The van der Waals surface area contributed by atoms with E-state index in [1.807, 2.05) is 0 Å². The number of carbonyl (C=O) groups excluding carboxylic acids is 1. The molecule has 1 aromatic rings. The van der Waals surface area contributed by atoms with E-state index in [4.69, 9.17) is 26.8 Å². The highest BCUT2D eigenvalue weighted by molar-refractivity contribution is 14.1. The van der Waals surface area contributed by atoms with Gasteiger partial charge in [-0.3, -0.25) is 4.79 Å². The molecule has 1 heterocycles. The molecule has 1 aliphatic rings. The van der Waals surface area contributed by atoms with E-state index in [0.29, 0.717) is 22.0 Å². The van der Waals surface area contributed by atoms with Gasteiger partial charge in [0.1, 0.15) is 5.75 Å². The lowest BCUT2D eigenvalue weighted by molar-refractivity contribution is 0.0340. The molecular formula is C14H19ClIN3O3. The molecule has 1 aliphatic heterocycles. The van der Waals surface area contributed by atoms with E-state index in [9.17, 15) is 4.79 Å². The first kappa shape index (κ1) is 17.6. The highest BCUT2D eigenvalue weighted by Crippen LogP contribution is 2.29. The van der Waals surface area contributed by atoms with Gasteiger partial charge >= 0.3 is 0 Å². The average Bonchev–Trinajstić information content (AvgIpc) is 2.51. The molecule has 0 aromatic heterocycles. The Morgan fingerprint density at radius 2 is 2.23 bits per heavy atom. The summed E-state index contributed by atoms with van der Waals surface area (Å²) in [6.45, 7) is 1.66. The highest BCUT2D eigenvalue weighted by Gasteiger charge is 2.30. The van der Waals surface area contributed by atoms with Crippen LogP contribution in [0.3, 0.4) is 0 Å². The Labute approximate surface area is 148 Å². The number of amides is 1. The van der Waals surface area contributed by atoms with E-state index in [-0.39, 0.29) is 18.1 Å². The molecule has 122 valence electrons. The molecule has 8 heteroatoms. The molecule has 1 amide bonds. The number of nitrogens with one attached hydrogen (secondary N) is 1. The first-order valence-electron chi connectivity index (χ1n) is 6.83. The van der Waals surface area contributed by atoms with Crippen molar-refractivity contribution in [3.05, 3.63) is 22.7 Å². The standard InChI is InChI=1S/C14H19ClIN3O3/c1-21-12-6-10(17)9(15)5-8(12)14(20)18-11-3-4-19(16)7-13(11)22-2/h5-6,11,13H,3-4,7,17H2,1-2H3,(H,18,20)/t11-,13+/m0/s1. The SMILES string of the molecule is COc1cc(N)c(Cl)cc1C(=O)N[C@H]1CCN(I)C[C@H]1OC. The predicted molar refractivity (Wildman–Crippen MR) is 94.7 cm³/mol. The molecule has 1 fully saturated rings. The van der Waals surface area contributed by atoms with Gasteiger partial charge in [-0.2, -0.15) is 0 Å². The quantitative estimate of drug-likeness (QED) is 0.427. The third-order valence-corrected chi connectivity index (χ3v) is 4.90. The van der Waals surface area contributed by atoms with Crippen molar-refractivity contribution in [2.75, 3.05) is 33.0 Å². The molecule has 6 nitrogen and oxygen atoms in total. The van der Waals surface area contributed by atoms with Crippen LogP contribution in [0.1, 0.15) is 16.8 Å². The molecule has 1 aromatic carbocycles. The van der Waals surface area contributed by atoms with Gasteiger partial charge < -0.3 is 20.5 Å². The molecule has 3 N–H and O–H groups in total. The van der Waals surface area contributed by atoms with Crippen molar-refractivity contribution in [3.8, 4) is 5.75 Å². The maximum Gasteiger partial charge on any atom is 0.255 e. The molecule has 0 unspecified atom stereocenters. The zero-order chi connectivity index (χ0) is 16.3. The number of halogens is 2. The number of nitrogens with zero attached hydrogens (tertiary/aromatic N) is 1. The Kier molecular flexibility index (Phi) is 6.13. The zero-order valence-electron chi connectivity index (χ0n) is 12.4. The second-order valence-electron chi connectivity index (χ2n) is 5.09. The lowest BCUT2D eigenvalue weighted by Crippen LogP contribution is -2.52. The fraction of sp³-hybridized carbons (Fsp3) is 0.500. The molecule has 22 heavy (non-hydrogen) atoms. The Balaban J connectivity index is 2.16. The van der Waals surface area contributed by atoms with Crippen molar-refractivity contribution in [2.24, 2.45) is 0 Å². The number of piperidine rings is 1. The average molecular weight is 440 g/mol. The summed E-state index contributed by atoms with van der Waals surface area (Å²) in [6.07, 6.45) is 0.767. The largest absolute Gasteiger partial charge is 0.496 e. The lowest BCUT2D eigenvalue weighted by atomic mass is 10.0. The van der Waals surface area contributed by atoms with Crippen LogP contribution in [0.15, 0.2) is 12.1 Å². The third kappa shape index (κ3) is 3.95. The number of methoxy groups -OCH3 is 2. The van der Waals surface area contributed by atoms with Crippen molar-refractivity contribution in [1.82, 2.24) is 8.43 Å². The van der Waals surface area contributed by atoms with Gasteiger partial charge in [-0.05, 0) is 12.5 Å². The molecule has 1 saturated heterocycles. The van der Waals surface area contributed by atoms with Gasteiger partial charge in [0, 0.05) is 49.1 Å². The highest BCUT2D eigenvalue weighted by atomic mass is 127. The van der Waals surface area contributed by atoms with Gasteiger partial charge in [0.2, 0.25) is 0 Å². The van der Waals surface area contributed by atoms with E-state index >= 15 is 0 Å². The summed E-state index contributed by atoms with van der Waals surface area (Å²) < 4.78 is 12.8. The van der Waals surface area contributed by atoms with E-state index in [0.717, 1.165) is 19.5 Å². The minimum Gasteiger partial charge on any atom is -0.496 e. The normalized spacial score (nSPS) is 22.4. The Hall–Kier alpha value is -0.770. The van der Waals surface area contributed by atoms with Crippen molar-refractivity contribution in [2.45, 2.75) is 18.6 Å². The van der Waals surface area contributed by atoms with Crippen LogP contribution >= 0.6 is 34.5 Å². The summed E-state index contributed by atoms with van der Waals surface area (Å²) >= 11 is 8.27. The van der Waals surface area contributed by atoms with Crippen LogP contribution in [0.4, 0.5) is 5.69 Å². The van der Waals surface area contributed by atoms with Gasteiger partial charge in [0.05, 0.1) is 35.5 Å². The number of nitrogens with two attached hydrogens (primary N) is 1. The van der Waals surface area contributed by atoms with Crippen LogP contribution in [0.25, 0.3) is 0 Å². The number of carbonyl (C=O) groups is 1. The number of hydrogen-bond acceptors (Lipinski definition) is 5. The summed E-state index contributed by atoms with van der Waals surface area (Å²) in [5.74, 6) is 0.160. The smallest absolute Gasteiger partial charge is 0.255 e. The van der Waals surface area contributed by atoms with Crippen molar-refractivity contribution in [3.63, 3.8) is 0 Å². The summed E-state index contributed by atoms with van der Waals surface area (Å²) in [5, 5.41) is 3.33. The molecule has 0 aliphatic carbocycles. The minimum atomic E-state index is -0.243. The Bertz CT molecular complexity index is 558. The molecule has 0 spiro atoms. The maximum atomic E-state index is 12.5. The summed E-state index contributed by atoms with van der Waals surface area (Å²) in [7, 11) is 3.15. The van der Waals surface area contributed by atoms with Gasteiger partial charge in [-0.1, -0.05) is 11.6 Å². The van der Waals surface area contributed by atoms with Gasteiger partial charge in [0.25, 0.3) is 5.91 Å². The fourth-order valence-electron chi connectivity index (χ4n) is 2.44.